The van der Waals surface area contributed by atoms with E-state index in [0.717, 1.165) is 0 Å². The van der Waals surface area contributed by atoms with Crippen molar-refractivity contribution in [2.75, 3.05) is 32.8 Å². The molecule has 0 aromatic heterocycles. The van der Waals surface area contributed by atoms with Crippen molar-refractivity contribution in [2.24, 2.45) is 5.92 Å². The Labute approximate surface area is 181 Å². The van der Waals surface area contributed by atoms with Gasteiger partial charge in [0.15, 0.2) is 0 Å². The maximum absolute atomic E-state index is 13.2. The number of halogens is 2. The van der Waals surface area contributed by atoms with Crippen LogP contribution in [0.3, 0.4) is 0 Å². The maximum atomic E-state index is 13.2. The zero-order chi connectivity index (χ0) is 21.7. The number of morpholine rings is 1. The molecular weight excluding hydrogens is 407 g/mol. The molecule has 1 heterocycles. The van der Waals surface area contributed by atoms with E-state index in [4.69, 9.17) is 16.3 Å². The number of benzene rings is 2. The van der Waals surface area contributed by atoms with Crippen LogP contribution in [0.2, 0.25) is 5.02 Å². The fraction of sp³-hybridized carbons (Fsp3) is 0.391. The van der Waals surface area contributed by atoms with E-state index in [9.17, 15) is 14.0 Å². The van der Waals surface area contributed by atoms with Crippen LogP contribution >= 0.6 is 11.6 Å². The summed E-state index contributed by atoms with van der Waals surface area (Å²) in [5.74, 6) is -0.457. The lowest BCUT2D eigenvalue weighted by molar-refractivity contribution is -0.0340. The summed E-state index contributed by atoms with van der Waals surface area (Å²) in [6.07, 6.45) is -0.312. The van der Waals surface area contributed by atoms with Crippen molar-refractivity contribution in [3.05, 3.63) is 70.5 Å². The van der Waals surface area contributed by atoms with Crippen molar-refractivity contribution in [2.45, 2.75) is 20.0 Å². The lowest BCUT2D eigenvalue weighted by atomic mass is 10.1. The smallest absolute Gasteiger partial charge is 0.255 e. The van der Waals surface area contributed by atoms with Crippen molar-refractivity contribution in [1.82, 2.24) is 9.80 Å². The molecule has 0 bridgehead atoms. The third-order valence-corrected chi connectivity index (χ3v) is 5.25. The molecule has 30 heavy (non-hydrogen) atoms. The van der Waals surface area contributed by atoms with Gasteiger partial charge in [0.1, 0.15) is 5.82 Å². The van der Waals surface area contributed by atoms with E-state index >= 15 is 0 Å². The summed E-state index contributed by atoms with van der Waals surface area (Å²) < 4.78 is 19.1. The van der Waals surface area contributed by atoms with Gasteiger partial charge in [0, 0.05) is 31.7 Å². The van der Waals surface area contributed by atoms with Gasteiger partial charge in [-0.3, -0.25) is 9.59 Å². The van der Waals surface area contributed by atoms with E-state index in [1.165, 1.54) is 24.3 Å². The standard InChI is InChI=1S/C23H26ClFN2O3/c1-16(2)13-27(22(28)17-7-9-18(25)10-8-17)15-19-14-26(11-12-30-19)23(29)20-5-3-4-6-21(20)24/h3-10,16,19H,11-15H2,1-2H3/t19-/m0/s1. The molecule has 5 nitrogen and oxygen atoms in total. The van der Waals surface area contributed by atoms with Crippen LogP contribution in [0.25, 0.3) is 0 Å². The van der Waals surface area contributed by atoms with Gasteiger partial charge >= 0.3 is 0 Å². The Morgan fingerprint density at radius 2 is 1.90 bits per heavy atom. The van der Waals surface area contributed by atoms with Crippen molar-refractivity contribution in [3.8, 4) is 0 Å². The molecule has 0 aliphatic carbocycles. The van der Waals surface area contributed by atoms with Crippen LogP contribution in [0, 0.1) is 11.7 Å². The Bertz CT molecular complexity index is 888. The molecule has 160 valence electrons. The molecule has 0 N–H and O–H groups in total. The Balaban J connectivity index is 1.71. The zero-order valence-electron chi connectivity index (χ0n) is 17.2. The molecule has 2 aromatic carbocycles. The quantitative estimate of drug-likeness (QED) is 0.690. The average molecular weight is 433 g/mol. The third kappa shape index (κ3) is 5.58. The van der Waals surface area contributed by atoms with Gasteiger partial charge in [0.25, 0.3) is 11.8 Å². The highest BCUT2D eigenvalue weighted by Crippen LogP contribution is 2.19. The Morgan fingerprint density at radius 3 is 2.57 bits per heavy atom. The van der Waals surface area contributed by atoms with Gasteiger partial charge in [0.2, 0.25) is 0 Å². The zero-order valence-corrected chi connectivity index (χ0v) is 17.9. The summed E-state index contributed by atoms with van der Waals surface area (Å²) in [7, 11) is 0. The largest absolute Gasteiger partial charge is 0.373 e. The molecule has 2 aromatic rings. The first kappa shape index (κ1) is 22.2. The number of ether oxygens (including phenoxy) is 1. The summed E-state index contributed by atoms with van der Waals surface area (Å²) in [6, 6.07) is 12.5. The molecule has 3 rings (SSSR count). The number of hydrogen-bond acceptors (Lipinski definition) is 3. The number of nitrogens with zero attached hydrogens (tertiary/aromatic N) is 2. The lowest BCUT2D eigenvalue weighted by Gasteiger charge is -2.36. The summed E-state index contributed by atoms with van der Waals surface area (Å²) in [6.45, 7) is 6.17. The second-order valence-corrected chi connectivity index (χ2v) is 8.24. The number of hydrogen-bond donors (Lipinski definition) is 0. The van der Waals surface area contributed by atoms with E-state index in [1.54, 1.807) is 34.1 Å². The fourth-order valence-corrected chi connectivity index (χ4v) is 3.74. The van der Waals surface area contributed by atoms with Crippen LogP contribution in [-0.4, -0.2) is 60.5 Å². The molecule has 2 amide bonds. The minimum Gasteiger partial charge on any atom is -0.373 e. The van der Waals surface area contributed by atoms with Gasteiger partial charge in [-0.15, -0.1) is 0 Å². The van der Waals surface area contributed by atoms with Gasteiger partial charge in [-0.1, -0.05) is 37.6 Å². The van der Waals surface area contributed by atoms with Crippen LogP contribution in [0.4, 0.5) is 4.39 Å². The molecule has 0 saturated carbocycles. The van der Waals surface area contributed by atoms with Crippen molar-refractivity contribution in [1.29, 1.82) is 0 Å². The van der Waals surface area contributed by atoms with Gasteiger partial charge < -0.3 is 14.5 Å². The molecule has 1 aliphatic rings. The van der Waals surface area contributed by atoms with Crippen LogP contribution in [-0.2, 0) is 4.74 Å². The second kappa shape index (κ2) is 10.0. The third-order valence-electron chi connectivity index (χ3n) is 4.92. The van der Waals surface area contributed by atoms with Crippen molar-refractivity contribution in [3.63, 3.8) is 0 Å². The fourth-order valence-electron chi connectivity index (χ4n) is 3.52. The maximum Gasteiger partial charge on any atom is 0.255 e. The van der Waals surface area contributed by atoms with Gasteiger partial charge in [-0.05, 0) is 42.3 Å². The predicted molar refractivity (Wildman–Crippen MR) is 114 cm³/mol. The SMILES string of the molecule is CC(C)CN(C[C@@H]1CN(C(=O)c2ccccc2Cl)CCO1)C(=O)c1ccc(F)cc1. The molecule has 0 spiro atoms. The summed E-state index contributed by atoms with van der Waals surface area (Å²) in [4.78, 5) is 29.3. The molecule has 7 heteroatoms. The van der Waals surface area contributed by atoms with E-state index in [2.05, 4.69) is 0 Å². The molecule has 1 saturated heterocycles. The van der Waals surface area contributed by atoms with Crippen LogP contribution in [0.1, 0.15) is 34.6 Å². The Kier molecular flexibility index (Phi) is 7.45. The number of amides is 2. The molecular formula is C23H26ClFN2O3. The monoisotopic (exact) mass is 432 g/mol. The van der Waals surface area contributed by atoms with Gasteiger partial charge in [-0.25, -0.2) is 4.39 Å². The summed E-state index contributed by atoms with van der Waals surface area (Å²) in [5.41, 5.74) is 0.887. The topological polar surface area (TPSA) is 49.9 Å². The van der Waals surface area contributed by atoms with Gasteiger partial charge in [-0.2, -0.15) is 0 Å². The van der Waals surface area contributed by atoms with E-state index in [1.807, 2.05) is 13.8 Å². The molecule has 0 radical (unpaired) electrons. The molecule has 1 fully saturated rings. The number of rotatable bonds is 6. The van der Waals surface area contributed by atoms with Crippen LogP contribution in [0.5, 0.6) is 0 Å². The predicted octanol–water partition coefficient (Wildman–Crippen LogP) is 4.12. The highest BCUT2D eigenvalue weighted by Gasteiger charge is 2.29. The van der Waals surface area contributed by atoms with Crippen LogP contribution in [0.15, 0.2) is 48.5 Å². The van der Waals surface area contributed by atoms with Crippen molar-refractivity contribution < 1.29 is 18.7 Å². The highest BCUT2D eigenvalue weighted by atomic mass is 35.5. The highest BCUT2D eigenvalue weighted by molar-refractivity contribution is 6.33. The minimum atomic E-state index is -0.383. The van der Waals surface area contributed by atoms with Crippen molar-refractivity contribution >= 4 is 23.4 Å². The van der Waals surface area contributed by atoms with E-state index in [-0.39, 0.29) is 29.7 Å². The summed E-state index contributed by atoms with van der Waals surface area (Å²) >= 11 is 6.18. The summed E-state index contributed by atoms with van der Waals surface area (Å²) in [5, 5.41) is 0.415. The Hall–Kier alpha value is -2.44. The van der Waals surface area contributed by atoms with E-state index in [0.29, 0.717) is 48.9 Å². The average Bonchev–Trinajstić information content (AvgIpc) is 2.73. The number of carbonyl (C=O) groups excluding carboxylic acids is 2. The second-order valence-electron chi connectivity index (χ2n) is 7.83. The lowest BCUT2D eigenvalue weighted by Crippen LogP contribution is -2.51. The van der Waals surface area contributed by atoms with Crippen LogP contribution < -0.4 is 0 Å². The first-order valence-electron chi connectivity index (χ1n) is 10.1. The molecule has 1 aliphatic heterocycles. The van der Waals surface area contributed by atoms with E-state index < -0.39 is 0 Å². The first-order valence-corrected chi connectivity index (χ1v) is 10.4. The molecule has 1 atom stereocenters. The molecule has 0 unspecified atom stereocenters. The first-order chi connectivity index (χ1) is 14.3. The number of carbonyl (C=O) groups is 2. The minimum absolute atomic E-state index is 0.144. The van der Waals surface area contributed by atoms with Gasteiger partial charge in [0.05, 0.1) is 23.3 Å². The normalized spacial score (nSPS) is 16.6. The Morgan fingerprint density at radius 1 is 1.20 bits per heavy atom.